The molecule has 0 atom stereocenters. The van der Waals surface area contributed by atoms with Gasteiger partial charge in [-0.3, -0.25) is 0 Å². The van der Waals surface area contributed by atoms with Gasteiger partial charge in [0.1, 0.15) is 5.75 Å². The van der Waals surface area contributed by atoms with Crippen LogP contribution in [-0.4, -0.2) is 6.61 Å². The Balaban J connectivity index is 2.25. The molecule has 0 saturated carbocycles. The fraction of sp³-hybridized carbons (Fsp3) is 0.286. The summed E-state index contributed by atoms with van der Waals surface area (Å²) in [5, 5.41) is 0.805. The van der Waals surface area contributed by atoms with Gasteiger partial charge in [0, 0.05) is 5.03 Å². The Kier molecular flexibility index (Phi) is 5.73. The van der Waals surface area contributed by atoms with Crippen molar-refractivity contribution in [3.8, 4) is 5.75 Å². The van der Waals surface area contributed by atoms with Crippen molar-refractivity contribution in [1.29, 1.82) is 0 Å². The van der Waals surface area contributed by atoms with Crippen LogP contribution in [0.5, 0.6) is 5.75 Å². The van der Waals surface area contributed by atoms with Gasteiger partial charge in [-0.25, -0.2) is 0 Å². The van der Waals surface area contributed by atoms with Gasteiger partial charge in [0.2, 0.25) is 0 Å². The van der Waals surface area contributed by atoms with E-state index in [1.807, 2.05) is 56.3 Å². The Morgan fingerprint density at radius 3 is 2.56 bits per heavy atom. The third-order valence-corrected chi connectivity index (χ3v) is 2.54. The first kappa shape index (κ1) is 12.9. The van der Waals surface area contributed by atoms with Gasteiger partial charge in [0.25, 0.3) is 0 Å². The molecule has 0 aromatic heterocycles. The molecule has 0 bridgehead atoms. The largest absolute Gasteiger partial charge is 0.493 e. The van der Waals surface area contributed by atoms with Crippen molar-refractivity contribution in [3.05, 3.63) is 53.1 Å². The van der Waals surface area contributed by atoms with E-state index in [4.69, 9.17) is 16.3 Å². The average Bonchev–Trinajstić information content (AvgIpc) is 2.29. The summed E-state index contributed by atoms with van der Waals surface area (Å²) < 4.78 is 5.54. The van der Waals surface area contributed by atoms with E-state index in [1.54, 1.807) is 0 Å². The summed E-state index contributed by atoms with van der Waals surface area (Å²) in [5.41, 5.74) is 1.13. The molecule has 1 nitrogen and oxygen atoms in total. The Hall–Kier alpha value is -1.21. The zero-order valence-corrected chi connectivity index (χ0v) is 10.5. The predicted molar refractivity (Wildman–Crippen MR) is 69.9 cm³/mol. The molecule has 0 unspecified atom stereocenters. The molecule has 0 spiro atoms. The number of ether oxygens (including phenoxy) is 1. The van der Waals surface area contributed by atoms with Crippen LogP contribution in [0.25, 0.3) is 0 Å². The van der Waals surface area contributed by atoms with E-state index in [2.05, 4.69) is 0 Å². The molecule has 0 heterocycles. The minimum atomic E-state index is 0.674. The number of hydrogen-bond donors (Lipinski definition) is 0. The van der Waals surface area contributed by atoms with E-state index in [1.165, 1.54) is 0 Å². The summed E-state index contributed by atoms with van der Waals surface area (Å²) in [7, 11) is 0. The lowest BCUT2D eigenvalue weighted by atomic mass is 10.3. The number of halogens is 1. The predicted octanol–water partition coefficient (Wildman–Crippen LogP) is 4.54. The molecule has 0 aliphatic carbocycles. The fourth-order valence-electron chi connectivity index (χ4n) is 1.12. The number of allylic oxidation sites excluding steroid dienone is 3. The second-order valence-electron chi connectivity index (χ2n) is 3.70. The molecule has 2 heteroatoms. The van der Waals surface area contributed by atoms with Gasteiger partial charge in [0.15, 0.2) is 0 Å². The van der Waals surface area contributed by atoms with E-state index in [0.29, 0.717) is 6.61 Å². The van der Waals surface area contributed by atoms with Gasteiger partial charge in [-0.15, -0.1) is 0 Å². The first-order chi connectivity index (χ1) is 7.70. The van der Waals surface area contributed by atoms with Crippen LogP contribution in [-0.2, 0) is 0 Å². The Morgan fingerprint density at radius 2 is 1.94 bits per heavy atom. The van der Waals surface area contributed by atoms with Crippen molar-refractivity contribution in [2.24, 2.45) is 0 Å². The van der Waals surface area contributed by atoms with Gasteiger partial charge in [-0.1, -0.05) is 41.4 Å². The Bertz CT molecular complexity index is 362. The van der Waals surface area contributed by atoms with Crippen LogP contribution in [0, 0.1) is 0 Å². The van der Waals surface area contributed by atoms with E-state index < -0.39 is 0 Å². The van der Waals surface area contributed by atoms with E-state index in [-0.39, 0.29) is 0 Å². The van der Waals surface area contributed by atoms with Crippen molar-refractivity contribution >= 4 is 11.6 Å². The molecule has 0 amide bonds. The first-order valence-electron chi connectivity index (χ1n) is 5.37. The first-order valence-corrected chi connectivity index (χ1v) is 5.75. The average molecular weight is 237 g/mol. The van der Waals surface area contributed by atoms with E-state index in [0.717, 1.165) is 22.8 Å². The van der Waals surface area contributed by atoms with Gasteiger partial charge in [-0.05, 0) is 38.5 Å². The van der Waals surface area contributed by atoms with Crippen LogP contribution in [0.3, 0.4) is 0 Å². The van der Waals surface area contributed by atoms with Crippen molar-refractivity contribution in [3.63, 3.8) is 0 Å². The molecule has 86 valence electrons. The van der Waals surface area contributed by atoms with Gasteiger partial charge in [0.05, 0.1) is 6.61 Å². The molecule has 0 radical (unpaired) electrons. The number of benzene rings is 1. The lowest BCUT2D eigenvalue weighted by Gasteiger charge is -2.02. The van der Waals surface area contributed by atoms with Crippen LogP contribution >= 0.6 is 11.6 Å². The SMILES string of the molecule is CC(C)=C(Cl)/C=C/CCOc1ccccc1. The molecule has 0 N–H and O–H groups in total. The fourth-order valence-corrected chi connectivity index (χ4v) is 1.20. The maximum absolute atomic E-state index is 5.96. The molecular weight excluding hydrogens is 220 g/mol. The highest BCUT2D eigenvalue weighted by molar-refractivity contribution is 6.31. The quantitative estimate of drug-likeness (QED) is 0.539. The van der Waals surface area contributed by atoms with Crippen LogP contribution in [0.15, 0.2) is 53.1 Å². The highest BCUT2D eigenvalue weighted by atomic mass is 35.5. The summed E-state index contributed by atoms with van der Waals surface area (Å²) in [6.45, 7) is 4.66. The van der Waals surface area contributed by atoms with Crippen LogP contribution in [0.1, 0.15) is 20.3 Å². The van der Waals surface area contributed by atoms with Gasteiger partial charge in [-0.2, -0.15) is 0 Å². The standard InChI is InChI=1S/C14H17ClO/c1-12(2)14(15)10-6-7-11-16-13-8-4-3-5-9-13/h3-6,8-10H,7,11H2,1-2H3/b10-6+. The lowest BCUT2D eigenvalue weighted by molar-refractivity contribution is 0.325. The minimum absolute atomic E-state index is 0.674. The molecule has 0 fully saturated rings. The summed E-state index contributed by atoms with van der Waals surface area (Å²) >= 11 is 5.96. The maximum atomic E-state index is 5.96. The van der Waals surface area contributed by atoms with Crippen molar-refractivity contribution in [2.45, 2.75) is 20.3 Å². The smallest absolute Gasteiger partial charge is 0.119 e. The molecule has 1 rings (SSSR count). The zero-order valence-electron chi connectivity index (χ0n) is 9.74. The maximum Gasteiger partial charge on any atom is 0.119 e. The van der Waals surface area contributed by atoms with E-state index in [9.17, 15) is 0 Å². The molecule has 0 aliphatic rings. The van der Waals surface area contributed by atoms with Gasteiger partial charge < -0.3 is 4.74 Å². The normalized spacial score (nSPS) is 10.4. The monoisotopic (exact) mass is 236 g/mol. The molecule has 0 saturated heterocycles. The summed E-state index contributed by atoms with van der Waals surface area (Å²) in [4.78, 5) is 0. The number of para-hydroxylation sites is 1. The highest BCUT2D eigenvalue weighted by Gasteiger charge is 1.90. The molecule has 1 aromatic carbocycles. The third-order valence-electron chi connectivity index (χ3n) is 2.04. The summed E-state index contributed by atoms with van der Waals surface area (Å²) in [6, 6.07) is 9.80. The Morgan fingerprint density at radius 1 is 1.25 bits per heavy atom. The van der Waals surface area contributed by atoms with Crippen LogP contribution in [0.4, 0.5) is 0 Å². The molecule has 0 aliphatic heterocycles. The third kappa shape index (κ3) is 5.04. The summed E-state index contributed by atoms with van der Waals surface area (Å²) in [6.07, 6.45) is 4.81. The number of rotatable bonds is 5. The van der Waals surface area contributed by atoms with Crippen molar-refractivity contribution in [1.82, 2.24) is 0 Å². The topological polar surface area (TPSA) is 9.23 Å². The highest BCUT2D eigenvalue weighted by Crippen LogP contribution is 2.11. The van der Waals surface area contributed by atoms with Crippen molar-refractivity contribution in [2.75, 3.05) is 6.61 Å². The zero-order chi connectivity index (χ0) is 11.8. The molecule has 16 heavy (non-hydrogen) atoms. The second-order valence-corrected chi connectivity index (χ2v) is 4.11. The Labute approximate surface area is 102 Å². The number of hydrogen-bond acceptors (Lipinski definition) is 1. The lowest BCUT2D eigenvalue weighted by Crippen LogP contribution is -1.94. The van der Waals surface area contributed by atoms with Gasteiger partial charge >= 0.3 is 0 Å². The molecular formula is C14H17ClO. The van der Waals surface area contributed by atoms with Crippen LogP contribution in [0.2, 0.25) is 0 Å². The second kappa shape index (κ2) is 7.13. The minimum Gasteiger partial charge on any atom is -0.493 e. The molecule has 1 aromatic rings. The van der Waals surface area contributed by atoms with E-state index >= 15 is 0 Å². The summed E-state index contributed by atoms with van der Waals surface area (Å²) in [5.74, 6) is 0.907. The van der Waals surface area contributed by atoms with Crippen molar-refractivity contribution < 1.29 is 4.74 Å². The van der Waals surface area contributed by atoms with Crippen LogP contribution < -0.4 is 4.74 Å².